The van der Waals surface area contributed by atoms with Crippen molar-refractivity contribution in [1.29, 1.82) is 0 Å². The number of nitrogens with zero attached hydrogens (tertiary/aromatic N) is 3. The number of aliphatic hydroxyl groups excluding tert-OH is 1. The number of aromatic nitrogens is 3. The van der Waals surface area contributed by atoms with Crippen LogP contribution >= 0.6 is 0 Å². The molecule has 1 aliphatic heterocycles. The number of halogens is 6. The Morgan fingerprint density at radius 1 is 1.15 bits per heavy atom. The predicted molar refractivity (Wildman–Crippen MR) is 156 cm³/mol. The number of amides is 1. The fourth-order valence-corrected chi connectivity index (χ4v) is 4.10. The van der Waals surface area contributed by atoms with Crippen LogP contribution in [-0.2, 0) is 21.3 Å². The molecular formula is C30H38F6N4O6. The third-order valence-electron chi connectivity index (χ3n) is 6.19. The number of ether oxygens (including phenoxy) is 3. The molecule has 0 fully saturated rings. The highest BCUT2D eigenvalue weighted by molar-refractivity contribution is 5.89. The summed E-state index contributed by atoms with van der Waals surface area (Å²) in [5.74, 6) is -2.85. The lowest BCUT2D eigenvalue weighted by Crippen LogP contribution is -2.46. The minimum atomic E-state index is -5.15. The maximum Gasteiger partial charge on any atom is 0.426 e. The predicted octanol–water partition coefficient (Wildman–Crippen LogP) is 7.91. The lowest BCUT2D eigenvalue weighted by molar-refractivity contribution is -0.293. The van der Waals surface area contributed by atoms with Crippen molar-refractivity contribution in [2.45, 2.75) is 90.0 Å². The molecule has 256 valence electrons. The Hall–Kier alpha value is -3.92. The van der Waals surface area contributed by atoms with Crippen LogP contribution in [0.1, 0.15) is 71.8 Å². The van der Waals surface area contributed by atoms with E-state index in [1.54, 1.807) is 0 Å². The van der Waals surface area contributed by atoms with Gasteiger partial charge in [-0.1, -0.05) is 45.2 Å². The molecule has 3 rings (SSSR count). The van der Waals surface area contributed by atoms with Crippen LogP contribution in [0.2, 0.25) is 0 Å². The minimum Gasteiger partial charge on any atom is -0.477 e. The van der Waals surface area contributed by atoms with Crippen molar-refractivity contribution in [3.05, 3.63) is 54.5 Å². The first kappa shape index (κ1) is 38.3. The van der Waals surface area contributed by atoms with E-state index < -0.39 is 90.0 Å². The Balaban J connectivity index is 0.00000361. The van der Waals surface area contributed by atoms with Gasteiger partial charge in [0.2, 0.25) is 11.5 Å². The summed E-state index contributed by atoms with van der Waals surface area (Å²) in [6.45, 7) is 14.5. The molecule has 0 saturated carbocycles. The van der Waals surface area contributed by atoms with Crippen molar-refractivity contribution >= 4 is 11.8 Å². The summed E-state index contributed by atoms with van der Waals surface area (Å²) in [6.07, 6.45) is -10.1. The van der Waals surface area contributed by atoms with Gasteiger partial charge in [0.05, 0.1) is 25.0 Å². The van der Waals surface area contributed by atoms with Crippen LogP contribution in [0, 0.1) is 0 Å². The largest absolute Gasteiger partial charge is 0.477 e. The molecule has 0 radical (unpaired) electrons. The van der Waals surface area contributed by atoms with Gasteiger partial charge in [-0.3, -0.25) is 5.32 Å². The number of alkyl halides is 6. The number of anilines is 1. The number of carbonyl (C=O) groups is 1. The van der Waals surface area contributed by atoms with Crippen LogP contribution in [-0.4, -0.2) is 57.5 Å². The van der Waals surface area contributed by atoms with Crippen molar-refractivity contribution in [2.24, 2.45) is 0 Å². The van der Waals surface area contributed by atoms with Gasteiger partial charge < -0.3 is 23.7 Å². The number of fused-ring (bicyclic) bond motifs is 5. The Bertz CT molecular complexity index is 1380. The first-order valence-electron chi connectivity index (χ1n) is 14.3. The zero-order valence-electron chi connectivity index (χ0n) is 26.1. The third kappa shape index (κ3) is 9.79. The smallest absolute Gasteiger partial charge is 0.426 e. The molecule has 2 N–H and O–H groups in total. The monoisotopic (exact) mass is 664 g/mol. The zero-order chi connectivity index (χ0) is 34.9. The summed E-state index contributed by atoms with van der Waals surface area (Å²) >= 11 is 0. The van der Waals surface area contributed by atoms with Crippen LogP contribution in [0.5, 0.6) is 5.88 Å². The molecule has 1 amide bonds. The molecule has 2 unspecified atom stereocenters. The molecular weight excluding hydrogens is 626 g/mol. The fourth-order valence-electron chi connectivity index (χ4n) is 4.10. The number of rotatable bonds is 6. The number of hydrogen-bond acceptors (Lipinski definition) is 9. The average Bonchev–Trinajstić information content (AvgIpc) is 3.43. The summed E-state index contributed by atoms with van der Waals surface area (Å²) in [4.78, 5) is 16.4. The van der Waals surface area contributed by atoms with Gasteiger partial charge in [-0.15, -0.1) is 10.2 Å². The highest BCUT2D eigenvalue weighted by Crippen LogP contribution is 2.47. The van der Waals surface area contributed by atoms with E-state index in [4.69, 9.17) is 18.6 Å². The molecule has 1 aliphatic rings. The van der Waals surface area contributed by atoms with Gasteiger partial charge >= 0.3 is 18.4 Å². The van der Waals surface area contributed by atoms with Crippen molar-refractivity contribution in [3.63, 3.8) is 0 Å². The van der Waals surface area contributed by atoms with Crippen LogP contribution in [0.4, 0.5) is 36.8 Å². The van der Waals surface area contributed by atoms with Crippen molar-refractivity contribution in [1.82, 2.24) is 15.2 Å². The van der Waals surface area contributed by atoms with Gasteiger partial charge in [-0.25, -0.2) is 9.78 Å². The first-order valence-corrected chi connectivity index (χ1v) is 14.3. The molecule has 2 atom stereocenters. The quantitative estimate of drug-likeness (QED) is 0.234. The maximum atomic E-state index is 14.9. The number of carbonyl (C=O) groups excluding carboxylic acids is 1. The minimum absolute atomic E-state index is 0.189. The average molecular weight is 665 g/mol. The van der Waals surface area contributed by atoms with E-state index in [1.807, 2.05) is 13.8 Å². The molecule has 0 spiro atoms. The molecule has 0 saturated heterocycles. The molecule has 46 heavy (non-hydrogen) atoms. The lowest BCUT2D eigenvalue weighted by Gasteiger charge is -2.33. The number of aliphatic hydroxyl groups is 1. The molecule has 3 heterocycles. The van der Waals surface area contributed by atoms with Crippen LogP contribution in [0.25, 0.3) is 11.6 Å². The summed E-state index contributed by atoms with van der Waals surface area (Å²) in [6, 6.07) is 0.456. The molecule has 10 nitrogen and oxygen atoms in total. The summed E-state index contributed by atoms with van der Waals surface area (Å²) < 4.78 is 108. The van der Waals surface area contributed by atoms with Crippen LogP contribution in [0.15, 0.2) is 47.4 Å². The summed E-state index contributed by atoms with van der Waals surface area (Å²) in [7, 11) is 0. The van der Waals surface area contributed by atoms with Gasteiger partial charge in [-0.2, -0.15) is 26.3 Å². The van der Waals surface area contributed by atoms with Gasteiger partial charge in [0, 0.05) is 6.42 Å². The van der Waals surface area contributed by atoms with E-state index in [0.29, 0.717) is 6.07 Å². The highest BCUT2D eigenvalue weighted by atomic mass is 19.4. The first-order chi connectivity index (χ1) is 21.4. The normalized spacial score (nSPS) is 19.5. The molecule has 2 aromatic heterocycles. The zero-order valence-corrected chi connectivity index (χ0v) is 26.1. The Labute approximate surface area is 262 Å². The van der Waals surface area contributed by atoms with Gasteiger partial charge in [0.15, 0.2) is 5.69 Å². The second-order valence-electron chi connectivity index (χ2n) is 10.8. The number of hydrogen-bond donors (Lipinski definition) is 2. The van der Waals surface area contributed by atoms with Gasteiger partial charge in [-0.05, 0) is 51.7 Å². The van der Waals surface area contributed by atoms with Crippen molar-refractivity contribution < 1.29 is 54.9 Å². The molecule has 2 aromatic rings. The van der Waals surface area contributed by atoms with E-state index in [1.165, 1.54) is 39.0 Å². The topological polar surface area (TPSA) is 129 Å². The Kier molecular flexibility index (Phi) is 13.0. The molecule has 0 aromatic carbocycles. The van der Waals surface area contributed by atoms with E-state index in [2.05, 4.69) is 33.7 Å². The number of nitrogens with one attached hydrogen (secondary N) is 1. The van der Waals surface area contributed by atoms with E-state index in [9.17, 15) is 36.2 Å². The SMILES string of the molecule is C=C/C=C(\C=C)COC1(C(F)(F)F)CCCC(O)CCOc2nc(c(NC(=O)OC(C)(C)C)cc2C(F)(F)F)-c2nnc1o2.CC. The second kappa shape index (κ2) is 15.6. The van der Waals surface area contributed by atoms with Crippen LogP contribution in [0.3, 0.4) is 0 Å². The lowest BCUT2D eigenvalue weighted by atomic mass is 9.93. The fraction of sp³-hybridized carbons (Fsp3) is 0.533. The van der Waals surface area contributed by atoms with E-state index >= 15 is 0 Å². The third-order valence-corrected chi connectivity index (χ3v) is 6.19. The second-order valence-corrected chi connectivity index (χ2v) is 10.8. The number of allylic oxidation sites excluding steroid dienone is 2. The number of pyridine rings is 1. The van der Waals surface area contributed by atoms with Gasteiger partial charge in [0.1, 0.15) is 11.2 Å². The van der Waals surface area contributed by atoms with Crippen molar-refractivity contribution in [2.75, 3.05) is 18.5 Å². The molecule has 4 bridgehead atoms. The summed E-state index contributed by atoms with van der Waals surface area (Å²) in [5, 5.41) is 19.7. The maximum absolute atomic E-state index is 14.9. The van der Waals surface area contributed by atoms with Gasteiger partial charge in [0.25, 0.3) is 11.8 Å². The Morgan fingerprint density at radius 3 is 2.39 bits per heavy atom. The molecule has 0 aliphatic carbocycles. The summed E-state index contributed by atoms with van der Waals surface area (Å²) in [5.41, 5.74) is -6.76. The molecule has 16 heteroatoms. The van der Waals surface area contributed by atoms with E-state index in [0.717, 1.165) is 0 Å². The Morgan fingerprint density at radius 2 is 1.83 bits per heavy atom. The van der Waals surface area contributed by atoms with Crippen molar-refractivity contribution in [3.8, 4) is 17.5 Å². The van der Waals surface area contributed by atoms with E-state index in [-0.39, 0.29) is 24.8 Å². The standard InChI is InChI=1S/C28H32F6N4O6.C2H6/c1-6-9-16(7-2)15-42-26(28(32,33)34)12-8-10-17(39)11-13-41-21-18(27(29,30)31)14-19(35-24(40)44-25(3,4)5)20(36-21)22-37-38-23(26)43-22;1-2/h6-7,9,14,17,39H,1-2,8,10-13,15H2,3-5H3,(H,35,40);1-2H3/b16-9+;. The highest BCUT2D eigenvalue weighted by Gasteiger charge is 2.61. The van der Waals surface area contributed by atoms with Crippen LogP contribution < -0.4 is 10.1 Å².